The first-order valence-electron chi connectivity index (χ1n) is 2.22. The first kappa shape index (κ1) is 4.49. The second-order valence-electron chi connectivity index (χ2n) is 1.64. The van der Waals surface area contributed by atoms with Crippen LogP contribution in [-0.2, 0) is 4.74 Å². The lowest BCUT2D eigenvalue weighted by atomic mass is 9.99. The highest BCUT2D eigenvalue weighted by Gasteiger charge is 2.15. The molecule has 1 aliphatic rings. The number of ether oxygens (including phenoxy) is 1. The summed E-state index contributed by atoms with van der Waals surface area (Å²) in [5, 5.41) is 2.56. The summed E-state index contributed by atoms with van der Waals surface area (Å²) in [6, 6.07) is 0. The molecule has 0 aromatic heterocycles. The highest BCUT2D eigenvalue weighted by Crippen LogP contribution is 1.90. The molecule has 1 saturated heterocycles. The molecular weight excluding hydrogens is 92.9 g/mol. The molecule has 0 aromatic rings. The molecule has 0 aromatic carbocycles. The predicted octanol–water partition coefficient (Wildman–Crippen LogP) is -1.31. The third-order valence-electron chi connectivity index (χ3n) is 0.829. The van der Waals surface area contributed by atoms with Gasteiger partial charge in [0.15, 0.2) is 0 Å². The van der Waals surface area contributed by atoms with Gasteiger partial charge in [-0.25, -0.2) is 4.79 Å². The Balaban J connectivity index is 2.40. The lowest BCUT2D eigenvalue weighted by Gasteiger charge is -1.89. The van der Waals surface area contributed by atoms with Crippen LogP contribution in [0.25, 0.3) is 0 Å². The van der Waals surface area contributed by atoms with Gasteiger partial charge in [-0.15, -0.1) is 0 Å². The zero-order valence-corrected chi connectivity index (χ0v) is 4.10. The Labute approximate surface area is 42.4 Å². The summed E-state index contributed by atoms with van der Waals surface area (Å²) >= 11 is 0. The van der Waals surface area contributed by atoms with E-state index in [1.165, 1.54) is 0 Å². The fourth-order valence-corrected chi connectivity index (χ4v) is 0.485. The Morgan fingerprint density at radius 2 is 2.71 bits per heavy atom. The fourth-order valence-electron chi connectivity index (χ4n) is 0.485. The second kappa shape index (κ2) is 1.44. The van der Waals surface area contributed by atoms with E-state index >= 15 is 0 Å². The molecule has 1 rings (SSSR count). The molecule has 1 heterocycles. The van der Waals surface area contributed by atoms with Crippen molar-refractivity contribution >= 4 is 13.9 Å². The molecule has 1 atom stereocenters. The third-order valence-corrected chi connectivity index (χ3v) is 0.829. The van der Waals surface area contributed by atoms with E-state index in [2.05, 4.69) is 10.1 Å². The highest BCUT2D eigenvalue weighted by molar-refractivity contribution is 6.13. The van der Waals surface area contributed by atoms with Gasteiger partial charge in [0, 0.05) is 5.94 Å². The Kier molecular flexibility index (Phi) is 0.926. The zero-order valence-electron chi connectivity index (χ0n) is 4.10. The summed E-state index contributed by atoms with van der Waals surface area (Å²) in [7, 11) is 1.89. The van der Waals surface area contributed by atoms with Crippen molar-refractivity contribution in [1.29, 1.82) is 0 Å². The SMILES string of the molecule is B[C@H]1COC(=O)N1. The lowest BCUT2D eigenvalue weighted by Crippen LogP contribution is -2.25. The molecule has 1 amide bonds. The van der Waals surface area contributed by atoms with Gasteiger partial charge in [-0.1, -0.05) is 0 Å². The monoisotopic (exact) mass is 99.0 g/mol. The maximum absolute atomic E-state index is 10.1. The molecule has 0 bridgehead atoms. The van der Waals surface area contributed by atoms with Gasteiger partial charge in [0.25, 0.3) is 0 Å². The average molecular weight is 98.9 g/mol. The van der Waals surface area contributed by atoms with Crippen LogP contribution >= 0.6 is 0 Å². The number of nitrogens with one attached hydrogen (secondary N) is 1. The topological polar surface area (TPSA) is 38.3 Å². The number of alkyl carbamates (subject to hydrolysis) is 1. The number of amides is 1. The number of hydrogen-bond donors (Lipinski definition) is 1. The van der Waals surface area contributed by atoms with Gasteiger partial charge < -0.3 is 10.1 Å². The summed E-state index contributed by atoms with van der Waals surface area (Å²) in [6.07, 6.45) is -0.299. The first-order chi connectivity index (χ1) is 3.29. The molecule has 0 spiro atoms. The molecule has 0 radical (unpaired) electrons. The molecule has 0 unspecified atom stereocenters. The minimum Gasteiger partial charge on any atom is -0.448 e. The van der Waals surface area contributed by atoms with Gasteiger partial charge >= 0.3 is 6.09 Å². The number of cyclic esters (lactones) is 1. The number of carbonyl (C=O) groups excluding carboxylic acids is 1. The Morgan fingerprint density at radius 1 is 2.00 bits per heavy atom. The van der Waals surface area contributed by atoms with Crippen LogP contribution in [0.15, 0.2) is 0 Å². The summed E-state index contributed by atoms with van der Waals surface area (Å²) in [4.78, 5) is 10.1. The van der Waals surface area contributed by atoms with Crippen molar-refractivity contribution < 1.29 is 9.53 Å². The summed E-state index contributed by atoms with van der Waals surface area (Å²) in [6.45, 7) is 0.513. The second-order valence-corrected chi connectivity index (χ2v) is 1.64. The van der Waals surface area contributed by atoms with E-state index in [0.29, 0.717) is 6.61 Å². The van der Waals surface area contributed by atoms with Crippen LogP contribution in [0, 0.1) is 0 Å². The van der Waals surface area contributed by atoms with Gasteiger partial charge in [-0.05, 0) is 0 Å². The normalized spacial score (nSPS) is 29.1. The molecule has 3 nitrogen and oxygen atoms in total. The Hall–Kier alpha value is -0.665. The van der Waals surface area contributed by atoms with Crippen LogP contribution in [-0.4, -0.2) is 26.5 Å². The zero-order chi connectivity index (χ0) is 5.28. The number of hydrogen-bond acceptors (Lipinski definition) is 2. The quantitative estimate of drug-likeness (QED) is 0.382. The van der Waals surface area contributed by atoms with Crippen LogP contribution in [0.1, 0.15) is 0 Å². The highest BCUT2D eigenvalue weighted by atomic mass is 16.6. The summed E-state index contributed by atoms with van der Waals surface area (Å²) in [5.74, 6) is 0.201. The molecule has 0 saturated carbocycles. The van der Waals surface area contributed by atoms with Crippen molar-refractivity contribution in [3.63, 3.8) is 0 Å². The Morgan fingerprint density at radius 3 is 2.86 bits per heavy atom. The molecule has 4 heteroatoms. The fraction of sp³-hybridized carbons (Fsp3) is 0.667. The largest absolute Gasteiger partial charge is 0.448 e. The van der Waals surface area contributed by atoms with Gasteiger partial charge in [-0.3, -0.25) is 0 Å². The summed E-state index contributed by atoms with van der Waals surface area (Å²) in [5.41, 5.74) is 0. The minimum absolute atomic E-state index is 0.201. The Bertz CT molecular complexity index is 94.9. The van der Waals surface area contributed by atoms with E-state index in [9.17, 15) is 4.79 Å². The average Bonchev–Trinajstić information content (AvgIpc) is 1.87. The maximum Gasteiger partial charge on any atom is 0.406 e. The van der Waals surface area contributed by atoms with Gasteiger partial charge in [0.05, 0.1) is 0 Å². The van der Waals surface area contributed by atoms with Crippen LogP contribution in [0.3, 0.4) is 0 Å². The van der Waals surface area contributed by atoms with E-state index in [1.807, 2.05) is 7.85 Å². The van der Waals surface area contributed by atoms with Crippen molar-refractivity contribution in [2.24, 2.45) is 0 Å². The van der Waals surface area contributed by atoms with Crippen LogP contribution in [0.4, 0.5) is 4.79 Å². The van der Waals surface area contributed by atoms with Crippen molar-refractivity contribution in [1.82, 2.24) is 5.32 Å². The lowest BCUT2D eigenvalue weighted by molar-refractivity contribution is 0.178. The van der Waals surface area contributed by atoms with Gasteiger partial charge in [0.2, 0.25) is 0 Å². The van der Waals surface area contributed by atoms with Crippen LogP contribution in [0.5, 0.6) is 0 Å². The smallest absolute Gasteiger partial charge is 0.406 e. The van der Waals surface area contributed by atoms with Gasteiger partial charge in [-0.2, -0.15) is 0 Å². The van der Waals surface area contributed by atoms with E-state index in [0.717, 1.165) is 0 Å². The first-order valence-corrected chi connectivity index (χ1v) is 2.22. The van der Waals surface area contributed by atoms with Crippen molar-refractivity contribution in [3.8, 4) is 0 Å². The van der Waals surface area contributed by atoms with E-state index in [1.54, 1.807) is 0 Å². The minimum atomic E-state index is -0.299. The van der Waals surface area contributed by atoms with Crippen molar-refractivity contribution in [3.05, 3.63) is 0 Å². The van der Waals surface area contributed by atoms with Crippen LogP contribution < -0.4 is 5.32 Å². The predicted molar refractivity (Wildman–Crippen MR) is 26.8 cm³/mol. The number of rotatable bonds is 0. The third kappa shape index (κ3) is 0.854. The molecule has 7 heavy (non-hydrogen) atoms. The van der Waals surface area contributed by atoms with E-state index in [-0.39, 0.29) is 12.0 Å². The van der Waals surface area contributed by atoms with Crippen molar-refractivity contribution in [2.45, 2.75) is 5.94 Å². The van der Waals surface area contributed by atoms with Crippen LogP contribution in [0.2, 0.25) is 0 Å². The molecule has 38 valence electrons. The molecule has 1 N–H and O–H groups in total. The molecule has 1 fully saturated rings. The standard InChI is InChI=1S/C3H6BNO2/c4-2-1-7-3(6)5-2/h2H,1,4H2,(H,5,6)/t2-/m1/s1. The summed E-state index contributed by atoms with van der Waals surface area (Å²) < 4.78 is 4.52. The van der Waals surface area contributed by atoms with Crippen molar-refractivity contribution in [2.75, 3.05) is 6.61 Å². The number of carbonyl (C=O) groups is 1. The van der Waals surface area contributed by atoms with E-state index in [4.69, 9.17) is 0 Å². The maximum atomic E-state index is 10.1. The van der Waals surface area contributed by atoms with Gasteiger partial charge in [0.1, 0.15) is 14.5 Å². The molecule has 0 aliphatic carbocycles. The molecule has 1 aliphatic heterocycles. The molecular formula is C3H6BNO2. The van der Waals surface area contributed by atoms with E-state index < -0.39 is 0 Å².